The highest BCUT2D eigenvalue weighted by Gasteiger charge is 2.35. The summed E-state index contributed by atoms with van der Waals surface area (Å²) in [4.78, 5) is 38.4. The third-order valence-electron chi connectivity index (χ3n) is 4.73. The largest absolute Gasteiger partial charge is 0.462 e. The smallest absolute Gasteiger partial charge is 0.338 e. The number of nitrogens with one attached hydrogen (secondary N) is 1. The van der Waals surface area contributed by atoms with E-state index in [1.807, 2.05) is 6.92 Å². The minimum Gasteiger partial charge on any atom is -0.462 e. The highest BCUT2D eigenvalue weighted by molar-refractivity contribution is 6.31. The van der Waals surface area contributed by atoms with Crippen molar-refractivity contribution in [3.05, 3.63) is 59.1 Å². The lowest BCUT2D eigenvalue weighted by Gasteiger charge is -2.17. The maximum Gasteiger partial charge on any atom is 0.338 e. The minimum atomic E-state index is -0.458. The molecule has 1 N–H and O–H groups in total. The van der Waals surface area contributed by atoms with Gasteiger partial charge in [0, 0.05) is 29.4 Å². The van der Waals surface area contributed by atoms with Gasteiger partial charge in [0.05, 0.1) is 18.1 Å². The Labute approximate surface area is 174 Å². The molecular weight excluding hydrogens is 392 g/mol. The predicted octanol–water partition coefficient (Wildman–Crippen LogP) is 4.29. The quantitative estimate of drug-likeness (QED) is 0.541. The second kappa shape index (κ2) is 9.56. The van der Waals surface area contributed by atoms with Crippen LogP contribution in [0.15, 0.2) is 48.5 Å². The van der Waals surface area contributed by atoms with Crippen molar-refractivity contribution in [3.8, 4) is 0 Å². The molecule has 2 amide bonds. The van der Waals surface area contributed by atoms with Gasteiger partial charge in [0.2, 0.25) is 11.8 Å². The first kappa shape index (κ1) is 20.9. The van der Waals surface area contributed by atoms with E-state index in [0.717, 1.165) is 12.8 Å². The molecule has 0 aliphatic carbocycles. The van der Waals surface area contributed by atoms with Gasteiger partial charge in [0.25, 0.3) is 0 Å². The lowest BCUT2D eigenvalue weighted by Crippen LogP contribution is -2.28. The van der Waals surface area contributed by atoms with Crippen LogP contribution >= 0.6 is 11.6 Å². The van der Waals surface area contributed by atoms with Gasteiger partial charge in [-0.2, -0.15) is 0 Å². The first-order valence-electron chi connectivity index (χ1n) is 9.62. The number of unbranched alkanes of at least 4 members (excludes halogenated alkanes) is 1. The number of rotatable bonds is 7. The lowest BCUT2D eigenvalue weighted by atomic mass is 10.1. The zero-order chi connectivity index (χ0) is 20.8. The molecule has 0 bridgehead atoms. The summed E-state index contributed by atoms with van der Waals surface area (Å²) in [6.45, 7) is 2.72. The number of nitrogens with zero attached hydrogens (tertiary/aromatic N) is 1. The van der Waals surface area contributed by atoms with E-state index in [9.17, 15) is 14.4 Å². The summed E-state index contributed by atoms with van der Waals surface area (Å²) in [6, 6.07) is 13.5. The van der Waals surface area contributed by atoms with Crippen LogP contribution in [0, 0.1) is 5.92 Å². The number of carbonyl (C=O) groups excluding carboxylic acids is 3. The Hall–Kier alpha value is -2.86. The average Bonchev–Trinajstić information content (AvgIpc) is 3.10. The number of amides is 2. The third-order valence-corrected chi connectivity index (χ3v) is 4.97. The molecule has 0 aromatic heterocycles. The zero-order valence-electron chi connectivity index (χ0n) is 16.2. The third kappa shape index (κ3) is 5.35. The van der Waals surface area contributed by atoms with Gasteiger partial charge in [-0.25, -0.2) is 4.79 Å². The molecule has 1 fully saturated rings. The molecule has 29 heavy (non-hydrogen) atoms. The first-order valence-corrected chi connectivity index (χ1v) is 9.99. The van der Waals surface area contributed by atoms with Gasteiger partial charge in [-0.1, -0.05) is 31.0 Å². The highest BCUT2D eigenvalue weighted by atomic mass is 35.5. The molecule has 1 aliphatic rings. The van der Waals surface area contributed by atoms with Crippen LogP contribution < -0.4 is 10.2 Å². The fourth-order valence-electron chi connectivity index (χ4n) is 3.10. The fourth-order valence-corrected chi connectivity index (χ4v) is 3.29. The molecule has 1 aliphatic heterocycles. The summed E-state index contributed by atoms with van der Waals surface area (Å²) in [6.07, 6.45) is 1.92. The Morgan fingerprint density at radius 2 is 1.97 bits per heavy atom. The summed E-state index contributed by atoms with van der Waals surface area (Å²) in [5, 5.41) is 3.35. The van der Waals surface area contributed by atoms with Crippen LogP contribution in [-0.2, 0) is 14.3 Å². The van der Waals surface area contributed by atoms with Crippen LogP contribution in [0.3, 0.4) is 0 Å². The molecule has 0 saturated carbocycles. The monoisotopic (exact) mass is 414 g/mol. The number of benzene rings is 2. The van der Waals surface area contributed by atoms with Gasteiger partial charge < -0.3 is 15.0 Å². The van der Waals surface area contributed by atoms with E-state index in [0.29, 0.717) is 35.1 Å². The van der Waals surface area contributed by atoms with E-state index in [4.69, 9.17) is 16.3 Å². The van der Waals surface area contributed by atoms with Crippen LogP contribution in [0.4, 0.5) is 11.4 Å². The maximum atomic E-state index is 12.6. The molecule has 0 radical (unpaired) electrons. The summed E-state index contributed by atoms with van der Waals surface area (Å²) in [7, 11) is 0. The second-order valence-electron chi connectivity index (χ2n) is 6.94. The first-order chi connectivity index (χ1) is 14.0. The number of hydrogen-bond acceptors (Lipinski definition) is 4. The molecule has 0 spiro atoms. The van der Waals surface area contributed by atoms with Gasteiger partial charge in [-0.15, -0.1) is 0 Å². The van der Waals surface area contributed by atoms with Crippen molar-refractivity contribution in [2.24, 2.45) is 5.92 Å². The Balaban J connectivity index is 1.58. The molecule has 1 saturated heterocycles. The molecule has 1 atom stereocenters. The van der Waals surface area contributed by atoms with E-state index < -0.39 is 5.92 Å². The SMILES string of the molecule is CCCCOC(=O)c1ccc(NC(=O)[C@@H]2CC(=O)N(c3cccc(Cl)c3)C2)cc1. The number of esters is 1. The van der Waals surface area contributed by atoms with E-state index in [1.54, 1.807) is 53.4 Å². The van der Waals surface area contributed by atoms with Gasteiger partial charge in [0.15, 0.2) is 0 Å². The summed E-state index contributed by atoms with van der Waals surface area (Å²) in [5.41, 5.74) is 1.68. The number of carbonyl (C=O) groups is 3. The van der Waals surface area contributed by atoms with E-state index in [-0.39, 0.29) is 24.2 Å². The molecule has 7 heteroatoms. The van der Waals surface area contributed by atoms with Gasteiger partial charge in [0.1, 0.15) is 0 Å². The normalized spacial score (nSPS) is 16.0. The Morgan fingerprint density at radius 3 is 2.66 bits per heavy atom. The maximum absolute atomic E-state index is 12.6. The van der Waals surface area contributed by atoms with Crippen LogP contribution in [0.1, 0.15) is 36.5 Å². The van der Waals surface area contributed by atoms with Crippen molar-refractivity contribution < 1.29 is 19.1 Å². The number of anilines is 2. The van der Waals surface area contributed by atoms with Crippen LogP contribution in [0.25, 0.3) is 0 Å². The Morgan fingerprint density at radius 1 is 1.21 bits per heavy atom. The molecule has 0 unspecified atom stereocenters. The van der Waals surface area contributed by atoms with Gasteiger partial charge in [-0.05, 0) is 48.9 Å². The molecular formula is C22H23ClN2O4. The Kier molecular flexibility index (Phi) is 6.88. The van der Waals surface area contributed by atoms with Crippen molar-refractivity contribution in [2.45, 2.75) is 26.2 Å². The number of hydrogen-bond donors (Lipinski definition) is 1. The zero-order valence-corrected chi connectivity index (χ0v) is 16.9. The number of halogens is 1. The molecule has 152 valence electrons. The van der Waals surface area contributed by atoms with E-state index >= 15 is 0 Å². The summed E-state index contributed by atoms with van der Waals surface area (Å²) < 4.78 is 5.17. The standard InChI is InChI=1S/C22H23ClN2O4/c1-2-3-11-29-22(28)15-7-9-18(10-8-15)24-21(27)16-12-20(26)25(14-16)19-6-4-5-17(23)13-19/h4-10,13,16H,2-3,11-12,14H2,1H3,(H,24,27)/t16-/m1/s1. The summed E-state index contributed by atoms with van der Waals surface area (Å²) in [5.74, 6) is -1.19. The average molecular weight is 415 g/mol. The van der Waals surface area contributed by atoms with Crippen LogP contribution in [0.5, 0.6) is 0 Å². The predicted molar refractivity (Wildman–Crippen MR) is 112 cm³/mol. The van der Waals surface area contributed by atoms with Gasteiger partial charge in [-0.3, -0.25) is 9.59 Å². The van der Waals surface area contributed by atoms with E-state index in [1.165, 1.54) is 0 Å². The van der Waals surface area contributed by atoms with Crippen molar-refractivity contribution in [1.29, 1.82) is 0 Å². The Bertz CT molecular complexity index is 898. The highest BCUT2D eigenvalue weighted by Crippen LogP contribution is 2.28. The van der Waals surface area contributed by atoms with Crippen LogP contribution in [-0.4, -0.2) is 30.9 Å². The minimum absolute atomic E-state index is 0.113. The fraction of sp³-hybridized carbons (Fsp3) is 0.318. The molecule has 1 heterocycles. The van der Waals surface area contributed by atoms with Crippen LogP contribution in [0.2, 0.25) is 5.02 Å². The summed E-state index contributed by atoms with van der Waals surface area (Å²) >= 11 is 6.00. The number of ether oxygens (including phenoxy) is 1. The molecule has 2 aromatic rings. The molecule has 2 aromatic carbocycles. The topological polar surface area (TPSA) is 75.7 Å². The van der Waals surface area contributed by atoms with Crippen molar-refractivity contribution in [2.75, 3.05) is 23.4 Å². The lowest BCUT2D eigenvalue weighted by molar-refractivity contribution is -0.122. The van der Waals surface area contributed by atoms with E-state index in [2.05, 4.69) is 5.32 Å². The molecule has 3 rings (SSSR count). The van der Waals surface area contributed by atoms with Gasteiger partial charge >= 0.3 is 5.97 Å². The van der Waals surface area contributed by atoms with Crippen molar-refractivity contribution >= 4 is 40.8 Å². The molecule has 6 nitrogen and oxygen atoms in total. The van der Waals surface area contributed by atoms with Crippen molar-refractivity contribution in [1.82, 2.24) is 0 Å². The second-order valence-corrected chi connectivity index (χ2v) is 7.38. The van der Waals surface area contributed by atoms with Crippen molar-refractivity contribution in [3.63, 3.8) is 0 Å².